The zero-order valence-corrected chi connectivity index (χ0v) is 20.3. The number of aryl methyl sites for hydroxylation is 2. The second kappa shape index (κ2) is 10.2. The van der Waals surface area contributed by atoms with Crippen LogP contribution in [0.3, 0.4) is 0 Å². The van der Waals surface area contributed by atoms with Gasteiger partial charge < -0.3 is 9.64 Å². The molecule has 0 radical (unpaired) electrons. The molecule has 4 aromatic rings. The van der Waals surface area contributed by atoms with Crippen molar-refractivity contribution < 1.29 is 13.9 Å². The number of benzene rings is 3. The Kier molecular flexibility index (Phi) is 7.07. The van der Waals surface area contributed by atoms with E-state index >= 15 is 0 Å². The van der Waals surface area contributed by atoms with Gasteiger partial charge in [-0.05, 0) is 62.7 Å². The van der Waals surface area contributed by atoms with E-state index < -0.39 is 11.9 Å². The standard InChI is InChI=1S/C28H28FN3O3/c1-18-12-13-25(19(2)16-18)32-26(30-24-11-6-5-10-23(24)28(32)34)20(3)31(14-15-35-4)27(33)21-8-7-9-22(29)17-21/h5-13,16-17,20H,14-15H2,1-4H3. The van der Waals surface area contributed by atoms with Gasteiger partial charge in [-0.3, -0.25) is 14.2 Å². The average Bonchev–Trinajstić information content (AvgIpc) is 2.84. The number of carbonyl (C=O) groups is 1. The molecular formula is C28H28FN3O3. The van der Waals surface area contributed by atoms with Crippen LogP contribution in [0.2, 0.25) is 0 Å². The van der Waals surface area contributed by atoms with Crippen LogP contribution in [0.4, 0.5) is 4.39 Å². The van der Waals surface area contributed by atoms with Gasteiger partial charge in [0.05, 0.1) is 29.2 Å². The Morgan fingerprint density at radius 2 is 1.86 bits per heavy atom. The zero-order valence-electron chi connectivity index (χ0n) is 20.3. The van der Waals surface area contributed by atoms with Crippen LogP contribution in [0.15, 0.2) is 71.5 Å². The van der Waals surface area contributed by atoms with Gasteiger partial charge in [-0.15, -0.1) is 0 Å². The van der Waals surface area contributed by atoms with Gasteiger partial charge in [-0.25, -0.2) is 9.37 Å². The molecule has 0 aliphatic carbocycles. The van der Waals surface area contributed by atoms with Crippen LogP contribution in [-0.4, -0.2) is 40.6 Å². The van der Waals surface area contributed by atoms with Crippen LogP contribution >= 0.6 is 0 Å². The summed E-state index contributed by atoms with van der Waals surface area (Å²) in [5, 5.41) is 0.489. The number of hydrogen-bond acceptors (Lipinski definition) is 4. The monoisotopic (exact) mass is 473 g/mol. The average molecular weight is 474 g/mol. The Labute approximate surface area is 203 Å². The highest BCUT2D eigenvalue weighted by atomic mass is 19.1. The summed E-state index contributed by atoms with van der Waals surface area (Å²) in [5.74, 6) is -0.448. The molecule has 1 unspecified atom stereocenters. The third-order valence-electron chi connectivity index (χ3n) is 6.10. The lowest BCUT2D eigenvalue weighted by Crippen LogP contribution is -2.39. The SMILES string of the molecule is COCCN(C(=O)c1cccc(F)c1)C(C)c1nc2ccccc2c(=O)n1-c1ccc(C)cc1C. The molecule has 0 aliphatic rings. The van der Waals surface area contributed by atoms with Crippen molar-refractivity contribution in [1.82, 2.24) is 14.5 Å². The summed E-state index contributed by atoms with van der Waals surface area (Å²) in [6.07, 6.45) is 0. The molecule has 1 aromatic heterocycles. The van der Waals surface area contributed by atoms with Gasteiger partial charge in [0.15, 0.2) is 0 Å². The number of para-hydroxylation sites is 1. The third kappa shape index (κ3) is 4.86. The fourth-order valence-corrected chi connectivity index (χ4v) is 4.31. The van der Waals surface area contributed by atoms with E-state index in [-0.39, 0.29) is 30.2 Å². The first kappa shape index (κ1) is 24.3. The quantitative estimate of drug-likeness (QED) is 0.379. The Hall–Kier alpha value is -3.84. The Bertz CT molecular complexity index is 1450. The van der Waals surface area contributed by atoms with Crippen LogP contribution < -0.4 is 5.56 Å². The molecule has 1 atom stereocenters. The molecule has 0 aliphatic heterocycles. The minimum Gasteiger partial charge on any atom is -0.383 e. The first-order valence-corrected chi connectivity index (χ1v) is 11.5. The lowest BCUT2D eigenvalue weighted by Gasteiger charge is -2.31. The van der Waals surface area contributed by atoms with Gasteiger partial charge in [0.25, 0.3) is 11.5 Å². The van der Waals surface area contributed by atoms with E-state index in [0.717, 1.165) is 11.1 Å². The van der Waals surface area contributed by atoms with Gasteiger partial charge in [-0.1, -0.05) is 35.9 Å². The fourth-order valence-electron chi connectivity index (χ4n) is 4.31. The summed E-state index contributed by atoms with van der Waals surface area (Å²) in [6, 6.07) is 18.0. The van der Waals surface area contributed by atoms with Crippen molar-refractivity contribution in [1.29, 1.82) is 0 Å². The maximum Gasteiger partial charge on any atom is 0.266 e. The van der Waals surface area contributed by atoms with E-state index in [1.54, 1.807) is 40.8 Å². The molecule has 7 heteroatoms. The summed E-state index contributed by atoms with van der Waals surface area (Å²) in [4.78, 5) is 33.7. The van der Waals surface area contributed by atoms with Crippen LogP contribution in [0.1, 0.15) is 40.3 Å². The molecule has 1 heterocycles. The van der Waals surface area contributed by atoms with Crippen molar-refractivity contribution in [2.24, 2.45) is 0 Å². The highest BCUT2D eigenvalue weighted by Gasteiger charge is 2.28. The van der Waals surface area contributed by atoms with Crippen molar-refractivity contribution in [3.8, 4) is 5.69 Å². The highest BCUT2D eigenvalue weighted by molar-refractivity contribution is 5.94. The number of halogens is 1. The first-order chi connectivity index (χ1) is 16.8. The lowest BCUT2D eigenvalue weighted by atomic mass is 10.1. The van der Waals surface area contributed by atoms with Crippen molar-refractivity contribution in [3.05, 3.63) is 105 Å². The molecule has 0 fully saturated rings. The van der Waals surface area contributed by atoms with Crippen molar-refractivity contribution in [3.63, 3.8) is 0 Å². The van der Waals surface area contributed by atoms with Crippen LogP contribution in [0.25, 0.3) is 16.6 Å². The van der Waals surface area contributed by atoms with E-state index in [4.69, 9.17) is 9.72 Å². The van der Waals surface area contributed by atoms with Crippen LogP contribution in [0, 0.1) is 19.7 Å². The van der Waals surface area contributed by atoms with E-state index in [1.165, 1.54) is 18.2 Å². The lowest BCUT2D eigenvalue weighted by molar-refractivity contribution is 0.0605. The van der Waals surface area contributed by atoms with E-state index in [0.29, 0.717) is 22.4 Å². The molecule has 35 heavy (non-hydrogen) atoms. The number of amides is 1. The molecular weight excluding hydrogens is 445 g/mol. The normalized spacial score (nSPS) is 12.0. The number of ether oxygens (including phenoxy) is 1. The molecule has 0 saturated carbocycles. The molecule has 3 aromatic carbocycles. The maximum absolute atomic E-state index is 13.9. The topological polar surface area (TPSA) is 64.4 Å². The molecule has 6 nitrogen and oxygen atoms in total. The summed E-state index contributed by atoms with van der Waals surface area (Å²) in [5.41, 5.74) is 3.24. The van der Waals surface area contributed by atoms with E-state index in [2.05, 4.69) is 0 Å². The number of carbonyl (C=O) groups excluding carboxylic acids is 1. The van der Waals surface area contributed by atoms with Crippen LogP contribution in [0.5, 0.6) is 0 Å². The summed E-state index contributed by atoms with van der Waals surface area (Å²) < 4.78 is 20.7. The zero-order chi connectivity index (χ0) is 25.1. The third-order valence-corrected chi connectivity index (χ3v) is 6.10. The predicted octanol–water partition coefficient (Wildman–Crippen LogP) is 4.99. The minimum atomic E-state index is -0.612. The number of rotatable bonds is 7. The fraction of sp³-hybridized carbons (Fsp3) is 0.250. The van der Waals surface area contributed by atoms with Crippen molar-refractivity contribution >= 4 is 16.8 Å². The Morgan fingerprint density at radius 3 is 2.57 bits per heavy atom. The van der Waals surface area contributed by atoms with Crippen molar-refractivity contribution in [2.45, 2.75) is 26.8 Å². The van der Waals surface area contributed by atoms with Gasteiger partial charge in [0.1, 0.15) is 11.6 Å². The molecule has 180 valence electrons. The number of fused-ring (bicyclic) bond motifs is 1. The minimum absolute atomic E-state index is 0.214. The smallest absolute Gasteiger partial charge is 0.266 e. The molecule has 0 N–H and O–H groups in total. The Morgan fingerprint density at radius 1 is 1.09 bits per heavy atom. The molecule has 0 spiro atoms. The number of nitrogens with zero attached hydrogens (tertiary/aromatic N) is 3. The van der Waals surface area contributed by atoms with E-state index in [9.17, 15) is 14.0 Å². The van der Waals surface area contributed by atoms with Gasteiger partial charge in [0.2, 0.25) is 0 Å². The highest BCUT2D eigenvalue weighted by Crippen LogP contribution is 2.26. The van der Waals surface area contributed by atoms with Gasteiger partial charge in [-0.2, -0.15) is 0 Å². The Balaban J connectivity index is 1.93. The maximum atomic E-state index is 13.9. The first-order valence-electron chi connectivity index (χ1n) is 11.5. The van der Waals surface area contributed by atoms with Crippen LogP contribution in [-0.2, 0) is 4.74 Å². The number of hydrogen-bond donors (Lipinski definition) is 0. The largest absolute Gasteiger partial charge is 0.383 e. The second-order valence-electron chi connectivity index (χ2n) is 8.60. The molecule has 1 amide bonds. The molecule has 0 saturated heterocycles. The van der Waals surface area contributed by atoms with E-state index in [1.807, 2.05) is 45.0 Å². The molecule has 4 rings (SSSR count). The summed E-state index contributed by atoms with van der Waals surface area (Å²) >= 11 is 0. The summed E-state index contributed by atoms with van der Waals surface area (Å²) in [6.45, 7) is 6.27. The number of aromatic nitrogens is 2. The predicted molar refractivity (Wildman–Crippen MR) is 135 cm³/mol. The second-order valence-corrected chi connectivity index (χ2v) is 8.60. The van der Waals surface area contributed by atoms with Crippen molar-refractivity contribution in [2.75, 3.05) is 20.3 Å². The molecule has 0 bridgehead atoms. The summed E-state index contributed by atoms with van der Waals surface area (Å²) in [7, 11) is 1.55. The van der Waals surface area contributed by atoms with Gasteiger partial charge >= 0.3 is 0 Å². The van der Waals surface area contributed by atoms with Gasteiger partial charge in [0, 0.05) is 19.2 Å². The number of methoxy groups -OCH3 is 1.